The SMILES string of the molecule is COc1ccc(C2SCC(=O)N2n2c(-c3ccccc3)nc3ccccc3c2=O)cc1OC. The van der Waals surface area contributed by atoms with Gasteiger partial charge in [-0.25, -0.2) is 9.99 Å². The first-order valence-corrected chi connectivity index (χ1v) is 11.4. The number of nitrogens with zero attached hydrogens (tertiary/aromatic N) is 3. The predicted molar refractivity (Wildman–Crippen MR) is 129 cm³/mol. The zero-order valence-electron chi connectivity index (χ0n) is 18.1. The van der Waals surface area contributed by atoms with Crippen LogP contribution < -0.4 is 20.0 Å². The lowest BCUT2D eigenvalue weighted by atomic mass is 10.1. The van der Waals surface area contributed by atoms with E-state index in [4.69, 9.17) is 14.5 Å². The number of carbonyl (C=O) groups is 1. The van der Waals surface area contributed by atoms with E-state index in [2.05, 4.69) is 0 Å². The lowest BCUT2D eigenvalue weighted by Gasteiger charge is -2.28. The summed E-state index contributed by atoms with van der Waals surface area (Å²) in [6.45, 7) is 0. The Balaban J connectivity index is 1.74. The molecule has 1 aromatic heterocycles. The molecule has 166 valence electrons. The molecule has 33 heavy (non-hydrogen) atoms. The molecule has 1 aliphatic heterocycles. The number of ether oxygens (including phenoxy) is 2. The van der Waals surface area contributed by atoms with E-state index >= 15 is 0 Å². The lowest BCUT2D eigenvalue weighted by molar-refractivity contribution is -0.117. The van der Waals surface area contributed by atoms with Gasteiger partial charge in [-0.05, 0) is 29.8 Å². The fourth-order valence-electron chi connectivity index (χ4n) is 3.98. The second-order valence-electron chi connectivity index (χ2n) is 7.45. The number of amides is 1. The maximum absolute atomic E-state index is 13.7. The van der Waals surface area contributed by atoms with Crippen LogP contribution >= 0.6 is 11.8 Å². The molecule has 8 heteroatoms. The predicted octanol–water partition coefficient (Wildman–Crippen LogP) is 3.99. The van der Waals surface area contributed by atoms with E-state index in [9.17, 15) is 9.59 Å². The third-order valence-electron chi connectivity index (χ3n) is 5.54. The minimum atomic E-state index is -0.430. The molecule has 1 amide bonds. The molecule has 1 fully saturated rings. The van der Waals surface area contributed by atoms with Crippen molar-refractivity contribution in [2.75, 3.05) is 25.0 Å². The van der Waals surface area contributed by atoms with Gasteiger partial charge in [0.15, 0.2) is 17.3 Å². The van der Waals surface area contributed by atoms with Gasteiger partial charge in [-0.1, -0.05) is 48.5 Å². The van der Waals surface area contributed by atoms with Crippen molar-refractivity contribution in [3.63, 3.8) is 0 Å². The van der Waals surface area contributed by atoms with Crippen molar-refractivity contribution in [3.05, 3.63) is 88.7 Å². The lowest BCUT2D eigenvalue weighted by Crippen LogP contribution is -2.46. The Kier molecular flexibility index (Phi) is 5.51. The number of hydrogen-bond donors (Lipinski definition) is 0. The molecule has 0 aliphatic carbocycles. The fourth-order valence-corrected chi connectivity index (χ4v) is 5.10. The Morgan fingerprint density at radius 1 is 0.909 bits per heavy atom. The van der Waals surface area contributed by atoms with Gasteiger partial charge in [0.25, 0.3) is 11.5 Å². The van der Waals surface area contributed by atoms with Gasteiger partial charge in [0.2, 0.25) is 0 Å². The van der Waals surface area contributed by atoms with Crippen LogP contribution in [0.1, 0.15) is 10.9 Å². The summed E-state index contributed by atoms with van der Waals surface area (Å²) in [4.78, 5) is 31.7. The van der Waals surface area contributed by atoms with Crippen LogP contribution in [-0.2, 0) is 4.79 Å². The summed E-state index contributed by atoms with van der Waals surface area (Å²) < 4.78 is 12.2. The van der Waals surface area contributed by atoms with E-state index in [1.54, 1.807) is 38.5 Å². The van der Waals surface area contributed by atoms with Gasteiger partial charge >= 0.3 is 0 Å². The minimum Gasteiger partial charge on any atom is -0.493 e. The second kappa shape index (κ2) is 8.63. The third kappa shape index (κ3) is 3.62. The molecule has 4 aromatic rings. The third-order valence-corrected chi connectivity index (χ3v) is 6.74. The number of para-hydroxylation sites is 1. The van der Waals surface area contributed by atoms with Crippen molar-refractivity contribution in [1.82, 2.24) is 9.66 Å². The van der Waals surface area contributed by atoms with Crippen molar-refractivity contribution >= 4 is 28.6 Å². The summed E-state index contributed by atoms with van der Waals surface area (Å²) >= 11 is 1.45. The average Bonchev–Trinajstić information content (AvgIpc) is 3.24. The van der Waals surface area contributed by atoms with Crippen molar-refractivity contribution in [1.29, 1.82) is 0 Å². The second-order valence-corrected chi connectivity index (χ2v) is 8.52. The standard InChI is InChI=1S/C25H21N3O4S/c1-31-20-13-12-17(14-21(20)32-2)25-27(22(29)15-33-25)28-23(16-8-4-3-5-9-16)26-19-11-7-6-10-18(19)24(28)30/h3-14,25H,15H2,1-2H3. The van der Waals surface area contributed by atoms with Crippen molar-refractivity contribution in [2.45, 2.75) is 5.37 Å². The normalized spacial score (nSPS) is 15.8. The molecule has 0 saturated carbocycles. The summed E-state index contributed by atoms with van der Waals surface area (Å²) in [5.74, 6) is 1.64. The summed E-state index contributed by atoms with van der Waals surface area (Å²) in [6.07, 6.45) is 0. The van der Waals surface area contributed by atoms with E-state index in [1.807, 2.05) is 48.5 Å². The maximum Gasteiger partial charge on any atom is 0.280 e. The number of benzene rings is 3. The first-order valence-electron chi connectivity index (χ1n) is 10.4. The monoisotopic (exact) mass is 459 g/mol. The molecule has 0 radical (unpaired) electrons. The Morgan fingerprint density at radius 3 is 2.39 bits per heavy atom. The number of thioether (sulfide) groups is 1. The average molecular weight is 460 g/mol. The zero-order chi connectivity index (χ0) is 22.9. The molecule has 1 atom stereocenters. The molecule has 2 heterocycles. The molecule has 1 unspecified atom stereocenters. The number of carbonyl (C=O) groups excluding carboxylic acids is 1. The van der Waals surface area contributed by atoms with E-state index in [0.717, 1.165) is 11.1 Å². The van der Waals surface area contributed by atoms with Crippen LogP contribution in [0.3, 0.4) is 0 Å². The number of hydrogen-bond acceptors (Lipinski definition) is 6. The van der Waals surface area contributed by atoms with Gasteiger partial charge < -0.3 is 9.47 Å². The Morgan fingerprint density at radius 2 is 1.64 bits per heavy atom. The molecule has 5 rings (SSSR count). The molecule has 3 aromatic carbocycles. The number of methoxy groups -OCH3 is 2. The van der Waals surface area contributed by atoms with Gasteiger partial charge in [0, 0.05) is 5.56 Å². The Labute approximate surface area is 194 Å². The smallest absolute Gasteiger partial charge is 0.280 e. The zero-order valence-corrected chi connectivity index (χ0v) is 18.9. The van der Waals surface area contributed by atoms with Gasteiger partial charge in [-0.3, -0.25) is 9.59 Å². The van der Waals surface area contributed by atoms with Crippen molar-refractivity contribution in [2.24, 2.45) is 0 Å². The Bertz CT molecular complexity index is 1400. The van der Waals surface area contributed by atoms with Gasteiger partial charge in [-0.15, -0.1) is 11.8 Å². The molecule has 1 aliphatic rings. The molecular weight excluding hydrogens is 438 g/mol. The molecule has 7 nitrogen and oxygen atoms in total. The minimum absolute atomic E-state index is 0.170. The summed E-state index contributed by atoms with van der Waals surface area (Å²) in [7, 11) is 3.14. The van der Waals surface area contributed by atoms with Gasteiger partial charge in [-0.2, -0.15) is 4.68 Å². The Hall–Kier alpha value is -3.78. The molecule has 0 N–H and O–H groups in total. The van der Waals surface area contributed by atoms with Crippen LogP contribution in [0.15, 0.2) is 77.6 Å². The highest BCUT2D eigenvalue weighted by molar-refractivity contribution is 8.00. The highest BCUT2D eigenvalue weighted by Gasteiger charge is 2.37. The summed E-state index contributed by atoms with van der Waals surface area (Å²) in [6, 6.07) is 22.1. The molecule has 0 spiro atoms. The van der Waals surface area contributed by atoms with Gasteiger partial charge in [0.1, 0.15) is 5.37 Å². The maximum atomic E-state index is 13.7. The van der Waals surface area contributed by atoms with E-state index in [0.29, 0.717) is 28.2 Å². The highest BCUT2D eigenvalue weighted by Crippen LogP contribution is 2.41. The van der Waals surface area contributed by atoms with Crippen LogP contribution in [0.5, 0.6) is 11.5 Å². The fraction of sp³-hybridized carbons (Fsp3) is 0.160. The first-order chi connectivity index (χ1) is 16.1. The molecule has 0 bridgehead atoms. The van der Waals surface area contributed by atoms with Crippen LogP contribution in [0.4, 0.5) is 0 Å². The van der Waals surface area contributed by atoms with Gasteiger partial charge in [0.05, 0.1) is 30.9 Å². The molecule has 1 saturated heterocycles. The largest absolute Gasteiger partial charge is 0.493 e. The number of rotatable bonds is 5. The van der Waals surface area contributed by atoms with Crippen molar-refractivity contribution < 1.29 is 14.3 Å². The van der Waals surface area contributed by atoms with Crippen LogP contribution in [0, 0.1) is 0 Å². The summed E-state index contributed by atoms with van der Waals surface area (Å²) in [5, 5.41) is 1.53. The quantitative estimate of drug-likeness (QED) is 0.449. The first kappa shape index (κ1) is 21.1. The molecular formula is C25H21N3O4S. The van der Waals surface area contributed by atoms with Crippen LogP contribution in [-0.4, -0.2) is 35.5 Å². The summed E-state index contributed by atoms with van der Waals surface area (Å²) in [5.41, 5.74) is 1.86. The number of aromatic nitrogens is 2. The van der Waals surface area contributed by atoms with E-state index in [-0.39, 0.29) is 17.2 Å². The van der Waals surface area contributed by atoms with E-state index < -0.39 is 5.37 Å². The highest BCUT2D eigenvalue weighted by atomic mass is 32.2. The van der Waals surface area contributed by atoms with Crippen LogP contribution in [0.2, 0.25) is 0 Å². The van der Waals surface area contributed by atoms with E-state index in [1.165, 1.54) is 21.4 Å². The van der Waals surface area contributed by atoms with Crippen molar-refractivity contribution in [3.8, 4) is 22.9 Å². The topological polar surface area (TPSA) is 73.7 Å². The van der Waals surface area contributed by atoms with Crippen LogP contribution in [0.25, 0.3) is 22.3 Å². The number of fused-ring (bicyclic) bond motifs is 1.